The van der Waals surface area contributed by atoms with E-state index in [-0.39, 0.29) is 0 Å². The molecule has 0 aliphatic rings. The lowest BCUT2D eigenvalue weighted by Gasteiger charge is -2.11. The summed E-state index contributed by atoms with van der Waals surface area (Å²) < 4.78 is 0. The van der Waals surface area contributed by atoms with Crippen LogP contribution in [0.2, 0.25) is 0 Å². The average Bonchev–Trinajstić information content (AvgIpc) is 2.39. The van der Waals surface area contributed by atoms with Gasteiger partial charge in [-0.2, -0.15) is 0 Å². The van der Waals surface area contributed by atoms with Gasteiger partial charge in [0.2, 0.25) is 0 Å². The van der Waals surface area contributed by atoms with E-state index in [0.29, 0.717) is 6.04 Å². The van der Waals surface area contributed by atoms with E-state index in [1.807, 2.05) is 18.3 Å². The molecule has 2 aromatic rings. The zero-order valence-corrected chi connectivity index (χ0v) is 11.6. The zero-order chi connectivity index (χ0) is 12.8. The van der Waals surface area contributed by atoms with Crippen molar-refractivity contribution in [3.05, 3.63) is 54.2 Å². The molecule has 1 aromatic heterocycles. The Kier molecular flexibility index (Phi) is 4.79. The summed E-state index contributed by atoms with van der Waals surface area (Å²) in [5.41, 5.74) is 1.25. The molecule has 0 amide bonds. The monoisotopic (exact) mass is 258 g/mol. The number of benzene rings is 1. The van der Waals surface area contributed by atoms with Crippen LogP contribution < -0.4 is 5.32 Å². The first-order valence-electron chi connectivity index (χ1n) is 6.16. The maximum Gasteiger partial charge on any atom is 0.105 e. The molecule has 0 aliphatic carbocycles. The van der Waals surface area contributed by atoms with Gasteiger partial charge in [-0.3, -0.25) is 0 Å². The van der Waals surface area contributed by atoms with E-state index in [4.69, 9.17) is 0 Å². The first-order chi connectivity index (χ1) is 8.75. The summed E-state index contributed by atoms with van der Waals surface area (Å²) in [7, 11) is 0. The van der Waals surface area contributed by atoms with Crippen LogP contribution >= 0.6 is 11.8 Å². The van der Waals surface area contributed by atoms with Crippen LogP contribution in [0.3, 0.4) is 0 Å². The molecular formula is C15H18N2S. The standard InChI is InChI=1S/C15H18N2S/c1-12(2)17-11-13-7-6-10-16-15(13)18-14-8-4-3-5-9-14/h3-10,12,17H,11H2,1-2H3. The minimum Gasteiger partial charge on any atom is -0.310 e. The van der Waals surface area contributed by atoms with Crippen molar-refractivity contribution < 1.29 is 0 Å². The lowest BCUT2D eigenvalue weighted by atomic mass is 10.2. The average molecular weight is 258 g/mol. The summed E-state index contributed by atoms with van der Waals surface area (Å²) in [6.45, 7) is 5.17. The van der Waals surface area contributed by atoms with E-state index < -0.39 is 0 Å². The highest BCUT2D eigenvalue weighted by Crippen LogP contribution is 2.28. The number of aromatic nitrogens is 1. The number of hydrogen-bond donors (Lipinski definition) is 1. The molecule has 0 radical (unpaired) electrons. The van der Waals surface area contributed by atoms with Crippen molar-refractivity contribution in [1.82, 2.24) is 10.3 Å². The van der Waals surface area contributed by atoms with Gasteiger partial charge in [-0.05, 0) is 23.8 Å². The van der Waals surface area contributed by atoms with E-state index in [1.165, 1.54) is 10.5 Å². The quantitative estimate of drug-likeness (QED) is 0.884. The molecule has 18 heavy (non-hydrogen) atoms. The van der Waals surface area contributed by atoms with Crippen LogP contribution in [0, 0.1) is 0 Å². The molecule has 0 atom stereocenters. The number of rotatable bonds is 5. The molecular weight excluding hydrogens is 240 g/mol. The summed E-state index contributed by atoms with van der Waals surface area (Å²) in [5.74, 6) is 0. The highest BCUT2D eigenvalue weighted by molar-refractivity contribution is 7.99. The van der Waals surface area contributed by atoms with Crippen molar-refractivity contribution >= 4 is 11.8 Å². The van der Waals surface area contributed by atoms with Crippen LogP contribution in [0.4, 0.5) is 0 Å². The van der Waals surface area contributed by atoms with E-state index in [0.717, 1.165) is 11.6 Å². The van der Waals surface area contributed by atoms with Crippen LogP contribution in [0.1, 0.15) is 19.4 Å². The molecule has 2 nitrogen and oxygen atoms in total. The molecule has 0 saturated carbocycles. The Hall–Kier alpha value is -1.32. The maximum atomic E-state index is 4.47. The second-order valence-corrected chi connectivity index (χ2v) is 5.48. The number of pyridine rings is 1. The molecule has 2 rings (SSSR count). The predicted octanol–water partition coefficient (Wildman–Crippen LogP) is 3.73. The normalized spacial score (nSPS) is 10.8. The van der Waals surface area contributed by atoms with Crippen LogP contribution in [0.25, 0.3) is 0 Å². The Morgan fingerprint density at radius 2 is 1.89 bits per heavy atom. The Bertz CT molecular complexity index is 483. The summed E-state index contributed by atoms with van der Waals surface area (Å²) in [5, 5.41) is 4.52. The van der Waals surface area contributed by atoms with Gasteiger partial charge < -0.3 is 5.32 Å². The maximum absolute atomic E-state index is 4.47. The predicted molar refractivity (Wildman–Crippen MR) is 76.8 cm³/mol. The zero-order valence-electron chi connectivity index (χ0n) is 10.8. The molecule has 3 heteroatoms. The third-order valence-electron chi connectivity index (χ3n) is 2.51. The molecule has 94 valence electrons. The number of hydrogen-bond acceptors (Lipinski definition) is 3. The lowest BCUT2D eigenvalue weighted by molar-refractivity contribution is 0.582. The van der Waals surface area contributed by atoms with Gasteiger partial charge >= 0.3 is 0 Å². The first kappa shape index (κ1) is 13.1. The fourth-order valence-corrected chi connectivity index (χ4v) is 2.47. The Labute approximate surface area is 113 Å². The smallest absolute Gasteiger partial charge is 0.105 e. The number of nitrogens with zero attached hydrogens (tertiary/aromatic N) is 1. The van der Waals surface area contributed by atoms with E-state index in [2.05, 4.69) is 54.5 Å². The Balaban J connectivity index is 2.12. The topological polar surface area (TPSA) is 24.9 Å². The molecule has 1 aromatic carbocycles. The largest absolute Gasteiger partial charge is 0.310 e. The molecule has 0 spiro atoms. The fourth-order valence-electron chi connectivity index (χ4n) is 1.56. The van der Waals surface area contributed by atoms with Gasteiger partial charge in [0, 0.05) is 23.7 Å². The Morgan fingerprint density at radius 3 is 2.61 bits per heavy atom. The van der Waals surface area contributed by atoms with Gasteiger partial charge in [-0.1, -0.05) is 49.9 Å². The van der Waals surface area contributed by atoms with Crippen LogP contribution in [-0.2, 0) is 6.54 Å². The van der Waals surface area contributed by atoms with Gasteiger partial charge in [-0.25, -0.2) is 4.98 Å². The van der Waals surface area contributed by atoms with Crippen molar-refractivity contribution in [2.45, 2.75) is 36.4 Å². The molecule has 0 unspecified atom stereocenters. The molecule has 1 heterocycles. The van der Waals surface area contributed by atoms with Crippen LogP contribution in [0.5, 0.6) is 0 Å². The van der Waals surface area contributed by atoms with Crippen molar-refractivity contribution in [1.29, 1.82) is 0 Å². The first-order valence-corrected chi connectivity index (χ1v) is 6.97. The third kappa shape index (κ3) is 3.86. The highest BCUT2D eigenvalue weighted by atomic mass is 32.2. The summed E-state index contributed by atoms with van der Waals surface area (Å²) >= 11 is 1.71. The summed E-state index contributed by atoms with van der Waals surface area (Å²) in [6, 6.07) is 15.0. The lowest BCUT2D eigenvalue weighted by Crippen LogP contribution is -2.22. The van der Waals surface area contributed by atoms with Crippen molar-refractivity contribution in [3.63, 3.8) is 0 Å². The van der Waals surface area contributed by atoms with Gasteiger partial charge in [0.05, 0.1) is 0 Å². The second kappa shape index (κ2) is 6.57. The minimum atomic E-state index is 0.486. The third-order valence-corrected chi connectivity index (χ3v) is 3.58. The summed E-state index contributed by atoms with van der Waals surface area (Å²) in [6.07, 6.45) is 1.85. The minimum absolute atomic E-state index is 0.486. The van der Waals surface area contributed by atoms with Gasteiger partial charge in [0.1, 0.15) is 5.03 Å². The second-order valence-electron chi connectivity index (χ2n) is 4.42. The van der Waals surface area contributed by atoms with Crippen molar-refractivity contribution in [2.75, 3.05) is 0 Å². The fraction of sp³-hybridized carbons (Fsp3) is 0.267. The van der Waals surface area contributed by atoms with E-state index >= 15 is 0 Å². The molecule has 1 N–H and O–H groups in total. The van der Waals surface area contributed by atoms with E-state index in [1.54, 1.807) is 11.8 Å². The molecule has 0 fully saturated rings. The van der Waals surface area contributed by atoms with Crippen LogP contribution in [0.15, 0.2) is 58.6 Å². The SMILES string of the molecule is CC(C)NCc1cccnc1Sc1ccccc1. The van der Waals surface area contributed by atoms with Crippen molar-refractivity contribution in [3.8, 4) is 0 Å². The van der Waals surface area contributed by atoms with E-state index in [9.17, 15) is 0 Å². The molecule has 0 saturated heterocycles. The summed E-state index contributed by atoms with van der Waals surface area (Å²) in [4.78, 5) is 5.70. The van der Waals surface area contributed by atoms with Gasteiger partial charge in [-0.15, -0.1) is 0 Å². The van der Waals surface area contributed by atoms with Gasteiger partial charge in [0.15, 0.2) is 0 Å². The van der Waals surface area contributed by atoms with Crippen LogP contribution in [-0.4, -0.2) is 11.0 Å². The number of nitrogens with one attached hydrogen (secondary N) is 1. The molecule has 0 aliphatic heterocycles. The Morgan fingerprint density at radius 1 is 1.11 bits per heavy atom. The van der Waals surface area contributed by atoms with Gasteiger partial charge in [0.25, 0.3) is 0 Å². The van der Waals surface area contributed by atoms with Crippen molar-refractivity contribution in [2.24, 2.45) is 0 Å². The molecule has 0 bridgehead atoms. The highest BCUT2D eigenvalue weighted by Gasteiger charge is 2.05.